The molecule has 18 nitrogen and oxygen atoms in total. The molecule has 7 rings (SSSR count). The molecule has 4 N–H and O–H groups in total. The van der Waals surface area contributed by atoms with Crippen LogP contribution in [0, 0.1) is 47.3 Å². The fraction of sp³-hybridized carbons (Fsp3) is 0.645. The van der Waals surface area contributed by atoms with E-state index in [9.17, 15) is 38.4 Å². The van der Waals surface area contributed by atoms with Crippen LogP contribution < -0.4 is 26.1 Å². The largest absolute Gasteiger partial charge is 0.456 e. The Kier molecular flexibility index (Phi) is 20.7. The van der Waals surface area contributed by atoms with Crippen molar-refractivity contribution in [2.75, 3.05) is 6.54 Å². The normalized spacial score (nSPS) is 36.0. The molecule has 0 aliphatic carbocycles. The molecule has 16 atom stereocenters. The fourth-order valence-corrected chi connectivity index (χ4v) is 12.3. The minimum Gasteiger partial charge on any atom is -0.456 e. The van der Waals surface area contributed by atoms with Crippen LogP contribution in [0.3, 0.4) is 0 Å². The molecule has 6 heterocycles. The SMILES string of the molecule is CC[C@H]1C[C@H](C)[C@@]2(NC1=O)O[C@@H](CC(=O)[C@@H](C)CC/C=C/C=C(\C)[C@@H]1C/C=C/C=C/[C@@H]3O[C@@]4(C)CC[C@@H](C(=O)N[C@@H](C(C)C)C(=O)N[C@@H](Cc5cccc(OC(C)=O)c5)C(=O)N5CCC[C@H](N5)C(=O)O1)[C@H](O4)[C@H]3C)[C@H](C)C(=O)[C@@H]2C. The molecule has 0 radical (unpaired) electrons. The second-order valence-corrected chi connectivity index (χ2v) is 23.9. The molecule has 5 bridgehead atoms. The van der Waals surface area contributed by atoms with E-state index < -0.39 is 95.6 Å². The van der Waals surface area contributed by atoms with E-state index in [1.165, 1.54) is 11.9 Å². The van der Waals surface area contributed by atoms with E-state index in [1.54, 1.807) is 31.2 Å². The van der Waals surface area contributed by atoms with Gasteiger partial charge in [-0.1, -0.05) is 110 Å². The molecule has 0 unspecified atom stereocenters. The number of carbonyl (C=O) groups excluding carboxylic acids is 8. The van der Waals surface area contributed by atoms with Gasteiger partial charge in [-0.25, -0.2) is 5.43 Å². The smallest absolute Gasteiger partial charge is 0.325 e. The summed E-state index contributed by atoms with van der Waals surface area (Å²) in [5.74, 6) is -6.10. The van der Waals surface area contributed by atoms with Gasteiger partial charge in [0.05, 0.1) is 30.1 Å². The van der Waals surface area contributed by atoms with Gasteiger partial charge in [0.2, 0.25) is 17.7 Å². The molecular formula is C62H87N5O13. The molecule has 438 valence electrons. The van der Waals surface area contributed by atoms with Crippen LogP contribution in [-0.2, 0) is 63.7 Å². The molecule has 0 saturated carbocycles. The molecule has 0 aromatic heterocycles. The summed E-state index contributed by atoms with van der Waals surface area (Å²) in [6.45, 7) is 20.4. The molecule has 6 aliphatic rings. The lowest BCUT2D eigenvalue weighted by atomic mass is 9.70. The summed E-state index contributed by atoms with van der Waals surface area (Å²) in [7, 11) is 0. The zero-order valence-electron chi connectivity index (χ0n) is 48.8. The molecule has 1 aromatic rings. The van der Waals surface area contributed by atoms with Gasteiger partial charge in [0.1, 0.15) is 41.5 Å². The van der Waals surface area contributed by atoms with Crippen molar-refractivity contribution in [1.29, 1.82) is 0 Å². The standard InChI is InChI=1S/C62H87N5O13/c1-12-44-31-38(6)62(65-56(44)71)41(9)54(70)39(7)52(79-62)34-49(69)36(4)21-15-13-16-22-37(5)50-26-17-14-18-27-51-40(8)55-46(28-29-61(11,78-51)80-55)57(72)64-53(35(2)3)58(73)63-48(33-43-23-19-24-45(32-43)76-42(10)68)59(74)67-30-20-25-47(66-67)60(75)77-50/h13-14,16-19,22-24,27,32,35-36,38-41,44,46-48,50-53,55,66H,12,15,20-21,25-26,28-31,33-34H2,1-11H3,(H,63,73)(H,64,72)(H,65,71)/b16-13+,17-14+,27-18+,37-22+/t36-,38-,39-,40-,41-,44-,46+,47-,48-,50-,51-,52-,53-,55+,61+,62+/m0/s1. The Balaban J connectivity index is 1.08. The van der Waals surface area contributed by atoms with E-state index in [1.807, 2.05) is 105 Å². The van der Waals surface area contributed by atoms with E-state index in [-0.39, 0.29) is 78.1 Å². The number of amides is 4. The summed E-state index contributed by atoms with van der Waals surface area (Å²) in [5.41, 5.74) is 3.30. The summed E-state index contributed by atoms with van der Waals surface area (Å²) in [5, 5.41) is 10.4. The quantitative estimate of drug-likeness (QED) is 0.0866. The van der Waals surface area contributed by atoms with Crippen molar-refractivity contribution in [1.82, 2.24) is 26.4 Å². The number of piperidine rings is 1. The van der Waals surface area contributed by atoms with Crippen molar-refractivity contribution < 1.29 is 62.0 Å². The minimum atomic E-state index is -1.17. The van der Waals surface area contributed by atoms with Gasteiger partial charge < -0.3 is 39.6 Å². The first-order valence-corrected chi connectivity index (χ1v) is 29.2. The number of hydrogen-bond donors (Lipinski definition) is 4. The van der Waals surface area contributed by atoms with Crippen molar-refractivity contribution in [3.63, 3.8) is 0 Å². The number of ketones is 2. The van der Waals surface area contributed by atoms with Crippen LogP contribution in [0.15, 0.2) is 72.4 Å². The Morgan fingerprint density at radius 3 is 2.42 bits per heavy atom. The zero-order chi connectivity index (χ0) is 58.2. The second kappa shape index (κ2) is 26.8. The maximum atomic E-state index is 14.7. The Labute approximate surface area is 472 Å². The number of nitrogens with one attached hydrogen (secondary N) is 4. The molecule has 6 aliphatic heterocycles. The monoisotopic (exact) mass is 1110 g/mol. The molecule has 1 aromatic carbocycles. The molecule has 18 heteroatoms. The number of hydrogen-bond acceptors (Lipinski definition) is 14. The number of esters is 2. The van der Waals surface area contributed by atoms with Crippen molar-refractivity contribution in [2.45, 2.75) is 201 Å². The maximum Gasteiger partial charge on any atom is 0.325 e. The van der Waals surface area contributed by atoms with Crippen LogP contribution in [0.5, 0.6) is 5.75 Å². The van der Waals surface area contributed by atoms with E-state index in [0.717, 1.165) is 5.57 Å². The highest BCUT2D eigenvalue weighted by molar-refractivity contribution is 5.93. The molecule has 1 spiro atoms. The van der Waals surface area contributed by atoms with Crippen LogP contribution in [0.4, 0.5) is 0 Å². The van der Waals surface area contributed by atoms with Crippen molar-refractivity contribution in [3.05, 3.63) is 77.9 Å². The molecular weight excluding hydrogens is 1020 g/mol. The highest BCUT2D eigenvalue weighted by Gasteiger charge is 2.57. The topological polar surface area (TPSA) is 234 Å². The first-order valence-electron chi connectivity index (χ1n) is 29.2. The number of rotatable bonds is 13. The Morgan fingerprint density at radius 1 is 0.938 bits per heavy atom. The fourth-order valence-electron chi connectivity index (χ4n) is 12.3. The van der Waals surface area contributed by atoms with Gasteiger partial charge >= 0.3 is 11.9 Å². The Morgan fingerprint density at radius 2 is 1.70 bits per heavy atom. The number of benzene rings is 1. The average molecular weight is 1110 g/mol. The third-order valence-corrected chi connectivity index (χ3v) is 17.5. The van der Waals surface area contributed by atoms with Gasteiger partial charge in [-0.05, 0) is 88.0 Å². The number of Topliss-reactive ketones (excluding diaryl/α,β-unsaturated/α-hetero) is 2. The first kappa shape index (κ1) is 61.8. The minimum absolute atomic E-state index is 0.00579. The van der Waals surface area contributed by atoms with Crippen molar-refractivity contribution in [2.24, 2.45) is 47.3 Å². The highest BCUT2D eigenvalue weighted by Crippen LogP contribution is 2.46. The van der Waals surface area contributed by atoms with Gasteiger partial charge in [-0.2, -0.15) is 0 Å². The molecule has 4 amide bonds. The lowest BCUT2D eigenvalue weighted by Gasteiger charge is -2.53. The number of carbonyl (C=O) groups is 8. The lowest BCUT2D eigenvalue weighted by molar-refractivity contribution is -0.344. The Bertz CT molecular complexity index is 2590. The highest BCUT2D eigenvalue weighted by atomic mass is 16.7. The summed E-state index contributed by atoms with van der Waals surface area (Å²) >= 11 is 0. The third-order valence-electron chi connectivity index (χ3n) is 17.5. The number of hydrazine groups is 1. The molecule has 80 heavy (non-hydrogen) atoms. The molecule has 5 fully saturated rings. The zero-order valence-corrected chi connectivity index (χ0v) is 48.8. The van der Waals surface area contributed by atoms with Crippen LogP contribution in [-0.4, -0.2) is 113 Å². The average Bonchev–Trinajstić information content (AvgIpc) is 3.57. The van der Waals surface area contributed by atoms with Gasteiger partial charge in [0.15, 0.2) is 11.5 Å². The summed E-state index contributed by atoms with van der Waals surface area (Å²) in [4.78, 5) is 110. The van der Waals surface area contributed by atoms with E-state index in [4.69, 9.17) is 23.7 Å². The third kappa shape index (κ3) is 14.6. The summed E-state index contributed by atoms with van der Waals surface area (Å²) < 4.78 is 31.2. The number of cyclic esters (lactones) is 1. The van der Waals surface area contributed by atoms with Crippen LogP contribution in [0.2, 0.25) is 0 Å². The van der Waals surface area contributed by atoms with E-state index in [2.05, 4.69) is 21.4 Å². The maximum absolute atomic E-state index is 14.7. The van der Waals surface area contributed by atoms with E-state index in [0.29, 0.717) is 63.4 Å². The number of ether oxygens (including phenoxy) is 5. The number of allylic oxidation sites excluding steroid dienone is 5. The second-order valence-electron chi connectivity index (χ2n) is 23.9. The summed E-state index contributed by atoms with van der Waals surface area (Å²) in [6, 6.07) is 3.58. The molecule has 5 saturated heterocycles. The first-order chi connectivity index (χ1) is 37.9. The van der Waals surface area contributed by atoms with Gasteiger partial charge in [0, 0.05) is 68.7 Å². The Hall–Kier alpha value is -5.82. The van der Waals surface area contributed by atoms with Gasteiger partial charge in [-0.15, -0.1) is 0 Å². The van der Waals surface area contributed by atoms with Crippen LogP contribution >= 0.6 is 0 Å². The number of fused-ring (bicyclic) bond motifs is 4. The van der Waals surface area contributed by atoms with Gasteiger partial charge in [0.25, 0.3) is 5.91 Å². The van der Waals surface area contributed by atoms with Crippen LogP contribution in [0.1, 0.15) is 146 Å². The van der Waals surface area contributed by atoms with Gasteiger partial charge in [-0.3, -0.25) is 43.4 Å². The van der Waals surface area contributed by atoms with Crippen molar-refractivity contribution >= 4 is 47.1 Å². The summed E-state index contributed by atoms with van der Waals surface area (Å²) in [6.07, 6.45) is 15.6. The lowest BCUT2D eigenvalue weighted by Crippen LogP contribution is -2.70. The number of nitrogens with zero attached hydrogens (tertiary/aromatic N) is 1. The van der Waals surface area contributed by atoms with Crippen LogP contribution in [0.25, 0.3) is 0 Å². The predicted octanol–water partition coefficient (Wildman–Crippen LogP) is 7.25. The predicted molar refractivity (Wildman–Crippen MR) is 298 cm³/mol. The van der Waals surface area contributed by atoms with Crippen molar-refractivity contribution in [3.8, 4) is 5.75 Å². The van der Waals surface area contributed by atoms with E-state index >= 15 is 0 Å².